The lowest BCUT2D eigenvalue weighted by molar-refractivity contribution is 0.0482. The van der Waals surface area contributed by atoms with Gasteiger partial charge in [-0.3, -0.25) is 4.79 Å². The summed E-state index contributed by atoms with van der Waals surface area (Å²) in [6, 6.07) is 8.64. The SMILES string of the molecule is CC1CCCCN1c1nc(Nc2ccc(N3CCC(CC(C)(C)O)CC3)cc2)c2c(=O)[nH]ncc2n1. The first-order valence-corrected chi connectivity index (χ1v) is 13.1. The van der Waals surface area contributed by atoms with Gasteiger partial charge < -0.3 is 20.2 Å². The number of benzene rings is 1. The summed E-state index contributed by atoms with van der Waals surface area (Å²) in [6.07, 6.45) is 8.04. The summed E-state index contributed by atoms with van der Waals surface area (Å²) in [5.74, 6) is 1.70. The van der Waals surface area contributed by atoms with Gasteiger partial charge in [-0.15, -0.1) is 0 Å². The number of aromatic amines is 1. The minimum Gasteiger partial charge on any atom is -0.390 e. The van der Waals surface area contributed by atoms with Crippen molar-refractivity contribution in [2.45, 2.75) is 70.9 Å². The third-order valence-electron chi connectivity index (χ3n) is 7.46. The topological polar surface area (TPSA) is 110 Å². The Labute approximate surface area is 212 Å². The third kappa shape index (κ3) is 5.46. The van der Waals surface area contributed by atoms with Gasteiger partial charge in [-0.05, 0) is 89.5 Å². The Hall–Kier alpha value is -3.20. The summed E-state index contributed by atoms with van der Waals surface area (Å²) in [7, 11) is 0. The summed E-state index contributed by atoms with van der Waals surface area (Å²) in [5.41, 5.74) is 1.67. The lowest BCUT2D eigenvalue weighted by atomic mass is 9.86. The molecule has 2 fully saturated rings. The molecule has 0 aliphatic carbocycles. The lowest BCUT2D eigenvalue weighted by Gasteiger charge is -2.35. The van der Waals surface area contributed by atoms with Gasteiger partial charge >= 0.3 is 0 Å². The number of H-pyrrole nitrogens is 1. The maximum absolute atomic E-state index is 12.6. The van der Waals surface area contributed by atoms with Crippen molar-refractivity contribution in [2.24, 2.45) is 5.92 Å². The summed E-state index contributed by atoms with van der Waals surface area (Å²) >= 11 is 0. The van der Waals surface area contributed by atoms with Gasteiger partial charge in [0.1, 0.15) is 16.7 Å². The van der Waals surface area contributed by atoms with Crippen molar-refractivity contribution >= 4 is 34.0 Å². The molecule has 3 N–H and O–H groups in total. The van der Waals surface area contributed by atoms with Gasteiger partial charge in [0.15, 0.2) is 0 Å². The van der Waals surface area contributed by atoms with Crippen LogP contribution in [0.5, 0.6) is 0 Å². The van der Waals surface area contributed by atoms with Crippen molar-refractivity contribution in [2.75, 3.05) is 34.8 Å². The van der Waals surface area contributed by atoms with Crippen molar-refractivity contribution in [3.63, 3.8) is 0 Å². The minimum atomic E-state index is -0.602. The molecular formula is C27H37N7O2. The number of piperidine rings is 2. The van der Waals surface area contributed by atoms with Gasteiger partial charge in [-0.25, -0.2) is 10.1 Å². The zero-order chi connectivity index (χ0) is 25.3. The molecule has 2 aliphatic rings. The largest absolute Gasteiger partial charge is 0.390 e. The van der Waals surface area contributed by atoms with Crippen molar-refractivity contribution in [1.29, 1.82) is 0 Å². The van der Waals surface area contributed by atoms with Gasteiger partial charge in [-0.1, -0.05) is 0 Å². The average molecular weight is 492 g/mol. The molecule has 9 heteroatoms. The Morgan fingerprint density at radius 3 is 2.53 bits per heavy atom. The van der Waals surface area contributed by atoms with Crippen molar-refractivity contribution in [3.05, 3.63) is 40.8 Å². The number of aromatic nitrogens is 4. The highest BCUT2D eigenvalue weighted by Gasteiger charge is 2.26. The van der Waals surface area contributed by atoms with Crippen LogP contribution < -0.4 is 20.7 Å². The monoisotopic (exact) mass is 491 g/mol. The molecule has 1 unspecified atom stereocenters. The Morgan fingerprint density at radius 2 is 1.83 bits per heavy atom. The molecule has 1 aromatic carbocycles. The Bertz CT molecular complexity index is 1240. The summed E-state index contributed by atoms with van der Waals surface area (Å²) in [4.78, 5) is 26.8. The molecule has 0 bridgehead atoms. The number of hydrogen-bond acceptors (Lipinski definition) is 8. The molecule has 0 saturated carbocycles. The van der Waals surface area contributed by atoms with Crippen molar-refractivity contribution < 1.29 is 5.11 Å². The van der Waals surface area contributed by atoms with E-state index in [4.69, 9.17) is 4.98 Å². The first-order valence-electron chi connectivity index (χ1n) is 13.1. The van der Waals surface area contributed by atoms with Gasteiger partial charge in [0.05, 0.1) is 11.8 Å². The van der Waals surface area contributed by atoms with Crippen LogP contribution in [0.15, 0.2) is 35.3 Å². The fourth-order valence-corrected chi connectivity index (χ4v) is 5.60. The van der Waals surface area contributed by atoms with E-state index in [9.17, 15) is 9.90 Å². The normalized spacial score (nSPS) is 19.6. The first kappa shape index (κ1) is 24.5. The highest BCUT2D eigenvalue weighted by molar-refractivity contribution is 5.90. The van der Waals surface area contributed by atoms with Crippen LogP contribution in [0.1, 0.15) is 59.3 Å². The number of rotatable bonds is 6. The highest BCUT2D eigenvalue weighted by Crippen LogP contribution is 2.31. The summed E-state index contributed by atoms with van der Waals surface area (Å²) < 4.78 is 0. The molecule has 192 valence electrons. The van der Waals surface area contributed by atoms with E-state index in [0.717, 1.165) is 57.4 Å². The van der Waals surface area contributed by atoms with E-state index < -0.39 is 5.60 Å². The fourth-order valence-electron chi connectivity index (χ4n) is 5.60. The van der Waals surface area contributed by atoms with Crippen LogP contribution in [-0.2, 0) is 0 Å². The summed E-state index contributed by atoms with van der Waals surface area (Å²) in [5, 5.41) is 20.4. The Kier molecular flexibility index (Phi) is 6.83. The molecule has 4 heterocycles. The van der Waals surface area contributed by atoms with E-state index in [2.05, 4.69) is 49.4 Å². The second-order valence-electron chi connectivity index (χ2n) is 11.0. The summed E-state index contributed by atoms with van der Waals surface area (Å²) in [6.45, 7) is 8.87. The third-order valence-corrected chi connectivity index (χ3v) is 7.46. The highest BCUT2D eigenvalue weighted by atomic mass is 16.3. The fraction of sp³-hybridized carbons (Fsp3) is 0.556. The van der Waals surface area contributed by atoms with E-state index >= 15 is 0 Å². The van der Waals surface area contributed by atoms with E-state index in [-0.39, 0.29) is 5.56 Å². The molecule has 9 nitrogen and oxygen atoms in total. The van der Waals surface area contributed by atoms with Gasteiger partial charge in [0.2, 0.25) is 5.95 Å². The maximum atomic E-state index is 12.6. The Balaban J connectivity index is 1.35. The molecule has 2 saturated heterocycles. The average Bonchev–Trinajstić information content (AvgIpc) is 2.84. The quantitative estimate of drug-likeness (QED) is 0.470. The molecule has 5 rings (SSSR count). The molecule has 0 spiro atoms. The maximum Gasteiger partial charge on any atom is 0.277 e. The molecule has 2 aromatic heterocycles. The van der Waals surface area contributed by atoms with Crippen LogP contribution in [0.3, 0.4) is 0 Å². The molecule has 0 radical (unpaired) electrons. The smallest absolute Gasteiger partial charge is 0.277 e. The zero-order valence-corrected chi connectivity index (χ0v) is 21.5. The molecule has 0 amide bonds. The molecule has 3 aromatic rings. The number of fused-ring (bicyclic) bond motifs is 1. The lowest BCUT2D eigenvalue weighted by Crippen LogP contribution is -2.38. The van der Waals surface area contributed by atoms with Crippen LogP contribution >= 0.6 is 0 Å². The van der Waals surface area contributed by atoms with Crippen molar-refractivity contribution in [1.82, 2.24) is 20.2 Å². The molecule has 1 atom stereocenters. The van der Waals surface area contributed by atoms with Crippen LogP contribution in [0.25, 0.3) is 10.9 Å². The second-order valence-corrected chi connectivity index (χ2v) is 11.0. The van der Waals surface area contributed by atoms with Gasteiger partial charge in [-0.2, -0.15) is 10.1 Å². The first-order chi connectivity index (χ1) is 17.3. The van der Waals surface area contributed by atoms with Gasteiger partial charge in [0, 0.05) is 37.1 Å². The van der Waals surface area contributed by atoms with E-state index in [0.29, 0.717) is 34.6 Å². The van der Waals surface area contributed by atoms with Gasteiger partial charge in [0.25, 0.3) is 5.56 Å². The molecular weight excluding hydrogens is 454 g/mol. The molecule has 2 aliphatic heterocycles. The van der Waals surface area contributed by atoms with E-state index in [1.165, 1.54) is 12.1 Å². The number of nitrogens with zero attached hydrogens (tertiary/aromatic N) is 5. The van der Waals surface area contributed by atoms with E-state index in [1.807, 2.05) is 26.0 Å². The standard InChI is InChI=1S/C27H37N7O2/c1-18-6-4-5-13-34(18)26-30-22-17-28-32-25(35)23(22)24(31-26)29-20-7-9-21(10-8-20)33-14-11-19(12-15-33)16-27(2,3)36/h7-10,17-19,36H,4-6,11-16H2,1-3H3,(H,32,35)(H,29,30,31). The Morgan fingerprint density at radius 1 is 1.08 bits per heavy atom. The number of hydrogen-bond donors (Lipinski definition) is 3. The number of nitrogens with one attached hydrogen (secondary N) is 2. The number of aliphatic hydroxyl groups is 1. The van der Waals surface area contributed by atoms with E-state index in [1.54, 1.807) is 6.20 Å². The van der Waals surface area contributed by atoms with Crippen LogP contribution in [0.2, 0.25) is 0 Å². The van der Waals surface area contributed by atoms with Crippen molar-refractivity contribution in [3.8, 4) is 0 Å². The predicted octanol–water partition coefficient (Wildman–Crippen LogP) is 4.21. The van der Waals surface area contributed by atoms with Crippen LogP contribution in [0.4, 0.5) is 23.1 Å². The van der Waals surface area contributed by atoms with Crippen LogP contribution in [0, 0.1) is 5.92 Å². The zero-order valence-electron chi connectivity index (χ0n) is 21.5. The molecule has 36 heavy (non-hydrogen) atoms. The second kappa shape index (κ2) is 10.0. The predicted molar refractivity (Wildman–Crippen MR) is 144 cm³/mol. The number of anilines is 4. The minimum absolute atomic E-state index is 0.307. The van der Waals surface area contributed by atoms with Crippen LogP contribution in [-0.4, -0.2) is 56.5 Å².